The third-order valence-electron chi connectivity index (χ3n) is 11.2. The van der Waals surface area contributed by atoms with Gasteiger partial charge in [-0.1, -0.05) is 136 Å². The highest BCUT2D eigenvalue weighted by molar-refractivity contribution is 7.87. The van der Waals surface area contributed by atoms with Crippen molar-refractivity contribution in [3.63, 3.8) is 0 Å². The molecule has 52 heavy (non-hydrogen) atoms. The molecular formula is C44H42F4O3S. The van der Waals surface area contributed by atoms with Crippen molar-refractivity contribution in [2.75, 3.05) is 0 Å². The lowest BCUT2D eigenvalue weighted by Crippen LogP contribution is -2.52. The molecule has 0 aliphatic heterocycles. The first-order valence-corrected chi connectivity index (χ1v) is 19.2. The molecule has 2 fully saturated rings. The van der Waals surface area contributed by atoms with Crippen molar-refractivity contribution < 1.29 is 30.5 Å². The fourth-order valence-corrected chi connectivity index (χ4v) is 9.05. The number of benzene rings is 5. The van der Waals surface area contributed by atoms with Gasteiger partial charge in [-0.25, -0.2) is 0 Å². The minimum absolute atomic E-state index is 0.0203. The summed E-state index contributed by atoms with van der Waals surface area (Å²) in [5.74, 6) is -6.95. The highest BCUT2D eigenvalue weighted by atomic mass is 32.2. The smallest absolute Gasteiger partial charge is 0.281 e. The van der Waals surface area contributed by atoms with Crippen molar-refractivity contribution >= 4 is 10.1 Å². The Kier molecular flexibility index (Phi) is 9.23. The van der Waals surface area contributed by atoms with Crippen molar-refractivity contribution in [3.05, 3.63) is 132 Å². The topological polar surface area (TPSA) is 54.4 Å². The molecule has 3 unspecified atom stereocenters. The first-order chi connectivity index (χ1) is 24.6. The van der Waals surface area contributed by atoms with Crippen molar-refractivity contribution in [3.8, 4) is 44.5 Å². The van der Waals surface area contributed by atoms with Gasteiger partial charge < -0.3 is 0 Å². The van der Waals surface area contributed by atoms with Gasteiger partial charge in [-0.05, 0) is 110 Å². The first-order valence-electron chi connectivity index (χ1n) is 17.8. The van der Waals surface area contributed by atoms with E-state index in [4.69, 9.17) is 4.55 Å². The van der Waals surface area contributed by atoms with E-state index in [0.29, 0.717) is 12.8 Å². The molecule has 1 N–H and O–H groups in total. The van der Waals surface area contributed by atoms with E-state index in [1.807, 2.05) is 0 Å². The van der Waals surface area contributed by atoms with Crippen molar-refractivity contribution in [2.24, 2.45) is 17.8 Å². The molecule has 5 aromatic rings. The number of fused-ring (bicyclic) bond motifs is 5. The van der Waals surface area contributed by atoms with Gasteiger partial charge in [-0.3, -0.25) is 4.55 Å². The van der Waals surface area contributed by atoms with E-state index in [1.54, 1.807) is 0 Å². The molecule has 5 aromatic carbocycles. The normalized spacial score (nSPS) is 19.5. The molecule has 0 saturated heterocycles. The molecule has 0 spiro atoms. The van der Waals surface area contributed by atoms with Gasteiger partial charge in [-0.2, -0.15) is 26.0 Å². The average Bonchev–Trinajstić information content (AvgIpc) is 3.86. The van der Waals surface area contributed by atoms with Crippen LogP contribution in [-0.4, -0.2) is 24.1 Å². The van der Waals surface area contributed by atoms with E-state index in [0.717, 1.165) is 12.8 Å². The van der Waals surface area contributed by atoms with E-state index >= 15 is 0 Å². The van der Waals surface area contributed by atoms with Gasteiger partial charge >= 0.3 is 21.3 Å². The third-order valence-corrected chi connectivity index (χ3v) is 12.1. The molecule has 0 amide bonds. The quantitative estimate of drug-likeness (QED) is 0.137. The summed E-state index contributed by atoms with van der Waals surface area (Å²) in [6, 6.07) is 42.4. The van der Waals surface area contributed by atoms with Crippen LogP contribution in [-0.2, 0) is 22.0 Å². The second kappa shape index (κ2) is 13.3. The highest BCUT2D eigenvalue weighted by Gasteiger charge is 2.71. The largest absolute Gasteiger partial charge is 0.431 e. The van der Waals surface area contributed by atoms with Crippen LogP contribution >= 0.6 is 0 Å². The highest BCUT2D eigenvalue weighted by Crippen LogP contribution is 2.58. The average molecular weight is 727 g/mol. The maximum atomic E-state index is 13.6. The number of hydrogen-bond donors (Lipinski definition) is 1. The van der Waals surface area contributed by atoms with Gasteiger partial charge in [0.05, 0.1) is 0 Å². The Labute approximate surface area is 303 Å². The summed E-state index contributed by atoms with van der Waals surface area (Å²) in [7, 11) is -6.10. The molecular weight excluding hydrogens is 685 g/mol. The van der Waals surface area contributed by atoms with E-state index in [1.165, 1.54) is 61.2 Å². The predicted molar refractivity (Wildman–Crippen MR) is 200 cm³/mol. The van der Waals surface area contributed by atoms with E-state index in [9.17, 15) is 26.0 Å². The van der Waals surface area contributed by atoms with Crippen LogP contribution in [0.15, 0.2) is 115 Å². The number of hydrogen-bond acceptors (Lipinski definition) is 2. The molecule has 8 rings (SSSR count). The number of halogens is 4. The molecule has 2 bridgehead atoms. The predicted octanol–water partition coefficient (Wildman–Crippen LogP) is 12.1. The Bertz CT molecular complexity index is 2190. The molecule has 3 atom stereocenters. The molecule has 2 saturated carbocycles. The fourth-order valence-electron chi connectivity index (χ4n) is 8.56. The van der Waals surface area contributed by atoms with E-state index in [-0.39, 0.29) is 17.8 Å². The van der Waals surface area contributed by atoms with Crippen LogP contribution < -0.4 is 0 Å². The summed E-state index contributed by atoms with van der Waals surface area (Å²) < 4.78 is 82.4. The molecule has 0 radical (unpaired) electrons. The maximum Gasteiger partial charge on any atom is 0.431 e. The molecule has 8 heteroatoms. The Morgan fingerprint density at radius 1 is 0.635 bits per heavy atom. The SMILES string of the molecule is CC(C)(C)c1ccc(-c2cc3c(c(-c4ccccc4)c2-c2ccccc2)Cc2ccccc2-3)cc1.O=S(=O)(O)C(F)(F)C(F)(F)C1CC2CCC1C2. The van der Waals surface area contributed by atoms with Gasteiger partial charge in [0.2, 0.25) is 0 Å². The summed E-state index contributed by atoms with van der Waals surface area (Å²) in [5.41, 5.74) is 14.9. The minimum Gasteiger partial charge on any atom is -0.281 e. The number of rotatable bonds is 6. The Morgan fingerprint density at radius 2 is 1.21 bits per heavy atom. The zero-order chi connectivity index (χ0) is 37.1. The van der Waals surface area contributed by atoms with Crippen molar-refractivity contribution in [2.45, 2.75) is 69.5 Å². The summed E-state index contributed by atoms with van der Waals surface area (Å²) in [5, 5.41) is -5.41. The standard InChI is InChI=1S/C35H30.C9H12F4O3S/c1-35(2,3)28-20-18-24(19-21-28)30-23-31-29-17-11-10-16-27(29)22-32(31)34(26-14-8-5-9-15-26)33(30)25-12-6-4-7-13-25;10-8(11,9(12,13)17(14,15)16)7-4-5-1-2-6(7)3-5/h4-21,23H,22H2,1-3H3;5-7H,1-4H2,(H,14,15,16). The Morgan fingerprint density at radius 3 is 1.75 bits per heavy atom. The molecule has 3 nitrogen and oxygen atoms in total. The lowest BCUT2D eigenvalue weighted by atomic mass is 9.81. The summed E-state index contributed by atoms with van der Waals surface area (Å²) in [4.78, 5) is 0. The molecule has 0 aromatic heterocycles. The second-order valence-electron chi connectivity index (χ2n) is 15.5. The Balaban J connectivity index is 0.000000208. The van der Waals surface area contributed by atoms with Gasteiger partial charge in [-0.15, -0.1) is 0 Å². The zero-order valence-electron chi connectivity index (χ0n) is 29.4. The van der Waals surface area contributed by atoms with Crippen LogP contribution in [0.3, 0.4) is 0 Å². The van der Waals surface area contributed by atoms with Crippen LogP contribution in [0.2, 0.25) is 0 Å². The van der Waals surface area contributed by atoms with Crippen molar-refractivity contribution in [1.82, 2.24) is 0 Å². The van der Waals surface area contributed by atoms with Crippen LogP contribution in [0.1, 0.15) is 63.1 Å². The Hall–Kier alpha value is -4.27. The fraction of sp³-hybridized carbons (Fsp3) is 0.318. The van der Waals surface area contributed by atoms with Gasteiger partial charge in [0.1, 0.15) is 0 Å². The van der Waals surface area contributed by atoms with Crippen LogP contribution in [0.5, 0.6) is 0 Å². The molecule has 3 aliphatic rings. The maximum absolute atomic E-state index is 13.6. The molecule has 0 heterocycles. The van der Waals surface area contributed by atoms with Gasteiger partial charge in [0, 0.05) is 5.92 Å². The lowest BCUT2D eigenvalue weighted by Gasteiger charge is -2.33. The minimum atomic E-state index is -6.10. The second-order valence-corrected chi connectivity index (χ2v) is 17.0. The molecule has 3 aliphatic carbocycles. The lowest BCUT2D eigenvalue weighted by molar-refractivity contribution is -0.202. The van der Waals surface area contributed by atoms with Gasteiger partial charge in [0.15, 0.2) is 0 Å². The summed E-state index contributed by atoms with van der Waals surface area (Å²) in [6.45, 7) is 6.83. The monoisotopic (exact) mass is 726 g/mol. The number of alkyl halides is 4. The van der Waals surface area contributed by atoms with Crippen LogP contribution in [0.25, 0.3) is 44.5 Å². The molecule has 270 valence electrons. The van der Waals surface area contributed by atoms with Crippen LogP contribution in [0.4, 0.5) is 17.6 Å². The summed E-state index contributed by atoms with van der Waals surface area (Å²) in [6.07, 6.45) is 2.48. The van der Waals surface area contributed by atoms with Crippen LogP contribution in [0, 0.1) is 17.8 Å². The first kappa shape index (κ1) is 36.1. The van der Waals surface area contributed by atoms with E-state index in [2.05, 4.69) is 136 Å². The van der Waals surface area contributed by atoms with E-state index < -0.39 is 33.1 Å². The van der Waals surface area contributed by atoms with Crippen molar-refractivity contribution in [1.29, 1.82) is 0 Å². The summed E-state index contributed by atoms with van der Waals surface area (Å²) >= 11 is 0. The third kappa shape index (κ3) is 6.38. The van der Waals surface area contributed by atoms with Gasteiger partial charge in [0.25, 0.3) is 0 Å². The zero-order valence-corrected chi connectivity index (χ0v) is 30.2.